The molecule has 5 aromatic carbocycles. The van der Waals surface area contributed by atoms with Gasteiger partial charge in [-0.05, 0) is 126 Å². The maximum Gasteiger partial charge on any atom is 0.144 e. The molecule has 0 aliphatic heterocycles. The number of hydrogen-bond donors (Lipinski definition) is 0. The number of benzene rings is 5. The van der Waals surface area contributed by atoms with Crippen molar-refractivity contribution in [2.24, 2.45) is 0 Å². The van der Waals surface area contributed by atoms with Gasteiger partial charge in [0, 0.05) is 66.6 Å². The molecule has 280 valence electrons. The molecule has 5 heteroatoms. The first-order chi connectivity index (χ1) is 35.1. The number of fused-ring (bicyclic) bond motifs is 3. The molecule has 0 radical (unpaired) electrons. The van der Waals surface area contributed by atoms with Crippen LogP contribution in [0.5, 0.6) is 0 Å². The van der Waals surface area contributed by atoms with Crippen molar-refractivity contribution in [3.8, 4) is 39.8 Å². The first-order valence-electron chi connectivity index (χ1n) is 26.7. The molecule has 0 amide bonds. The third kappa shape index (κ3) is 8.05. The maximum absolute atomic E-state index is 9.60. The topological polar surface area (TPSA) is 75.6 Å². The minimum absolute atomic E-state index is 0.0195. The van der Waals surface area contributed by atoms with E-state index in [4.69, 9.17) is 11.3 Å². The Morgan fingerprint density at radius 1 is 0.586 bits per heavy atom. The number of aromatic nitrogens is 3. The molecule has 9 rings (SSSR count). The predicted octanol–water partition coefficient (Wildman–Crippen LogP) is 12.3. The van der Waals surface area contributed by atoms with Crippen molar-refractivity contribution >= 4 is 21.9 Å². The van der Waals surface area contributed by atoms with Gasteiger partial charge in [-0.3, -0.25) is 15.0 Å². The minimum atomic E-state index is -3.44. The highest BCUT2D eigenvalue weighted by Crippen LogP contribution is 2.36. The maximum atomic E-state index is 9.60. The quantitative estimate of drug-likeness (QED) is 0.124. The van der Waals surface area contributed by atoms with Crippen molar-refractivity contribution in [2.75, 3.05) is 0 Å². The highest BCUT2D eigenvalue weighted by atomic mass is 16.3. The summed E-state index contributed by atoms with van der Waals surface area (Å²) in [6, 6.07) is 34.4. The fourth-order valence-corrected chi connectivity index (χ4v) is 6.40. The molecular weight excluding hydrogens is 709 g/mol. The van der Waals surface area contributed by atoms with Crippen LogP contribution in [-0.4, -0.2) is 15.0 Å². The van der Waals surface area contributed by atoms with Crippen molar-refractivity contribution in [1.29, 1.82) is 5.26 Å². The zero-order chi connectivity index (χ0) is 54.3. The number of nitriles is 1. The SMILES string of the molecule is [2H]c1cc2c(oc3c(-c4cc(C([2H])([2H])[2H])c(C([2H])([2H])C([2H])([2H])c5cc(C([2H])([2H])C([2H])([2H])c6ccc(-c7ccccc7)nc6)cc(C([2H])([2H])C([2H])([2H])c6ccc(-c7ccccc7)nc6)c5)cn4)cccc32)c([2H])c1C#N. The Labute approximate surface area is 363 Å². The van der Waals surface area contributed by atoms with Crippen molar-refractivity contribution in [3.63, 3.8) is 0 Å². The van der Waals surface area contributed by atoms with Crippen molar-refractivity contribution < 1.29 is 27.7 Å². The first-order valence-corrected chi connectivity index (χ1v) is 18.2. The lowest BCUT2D eigenvalue weighted by Gasteiger charge is -2.13. The van der Waals surface area contributed by atoms with Gasteiger partial charge in [-0.2, -0.15) is 5.26 Å². The second-order valence-electron chi connectivity index (χ2n) is 13.2. The lowest BCUT2D eigenvalue weighted by Crippen LogP contribution is -2.01. The highest BCUT2D eigenvalue weighted by Gasteiger charge is 2.15. The lowest BCUT2D eigenvalue weighted by molar-refractivity contribution is 0.669. The van der Waals surface area contributed by atoms with Crippen molar-refractivity contribution in [2.45, 2.75) is 45.1 Å². The standard InChI is InChI=1S/C53H42N4O/c1-36-27-51(48-14-8-13-47-46-24-20-42(32-54)31-52(46)58-53(47)48)57-35-45(36)23-19-41-29-39(17-15-37-21-25-49(55-33-37)43-9-4-2-5-10-43)28-40(30-41)18-16-38-22-26-50(56-34-38)44-11-6-3-7-12-44/h2-14,20-22,24-31,33-35H,15-19,23H2,1H3/i1D3,15D2,16D2,17D2,18D2,19D2,20D,23D2,31D. The number of para-hydroxylation sites is 1. The van der Waals surface area contributed by atoms with Gasteiger partial charge >= 0.3 is 0 Å². The number of furan rings is 1. The van der Waals surface area contributed by atoms with E-state index in [-0.39, 0.29) is 51.2 Å². The Morgan fingerprint density at radius 2 is 1.17 bits per heavy atom. The second kappa shape index (κ2) is 16.5. The Kier molecular flexibility index (Phi) is 6.25. The van der Waals surface area contributed by atoms with Crippen LogP contribution in [0.4, 0.5) is 0 Å². The van der Waals surface area contributed by atoms with E-state index in [1.807, 2.05) is 6.07 Å². The summed E-state index contributed by atoms with van der Waals surface area (Å²) in [5.74, 6) is 0. The monoisotopic (exact) mass is 767 g/mol. The number of hydrogen-bond acceptors (Lipinski definition) is 5. The van der Waals surface area contributed by atoms with Gasteiger partial charge < -0.3 is 4.42 Å². The van der Waals surface area contributed by atoms with E-state index in [0.29, 0.717) is 33.3 Å². The van der Waals surface area contributed by atoms with E-state index in [1.54, 1.807) is 72.8 Å². The summed E-state index contributed by atoms with van der Waals surface area (Å²) in [4.78, 5) is 13.1. The Bertz CT molecular complexity index is 3560. The molecule has 0 saturated heterocycles. The molecule has 0 spiro atoms. The van der Waals surface area contributed by atoms with Gasteiger partial charge in [0.25, 0.3) is 0 Å². The average molecular weight is 768 g/mol. The summed E-state index contributed by atoms with van der Waals surface area (Å²) in [5, 5.41) is 10.3. The van der Waals surface area contributed by atoms with Gasteiger partial charge in [0.1, 0.15) is 11.2 Å². The summed E-state index contributed by atoms with van der Waals surface area (Å²) in [6.45, 7) is -3.16. The molecule has 58 heavy (non-hydrogen) atoms. The summed E-state index contributed by atoms with van der Waals surface area (Å²) in [7, 11) is 0. The number of pyridine rings is 3. The molecule has 0 unspecified atom stereocenters. The van der Waals surface area contributed by atoms with E-state index < -0.39 is 72.9 Å². The van der Waals surface area contributed by atoms with Gasteiger partial charge in [0.2, 0.25) is 0 Å². The normalized spacial score (nSPS) is 17.3. The summed E-state index contributed by atoms with van der Waals surface area (Å²) < 4.78 is 162. The molecule has 0 aliphatic rings. The molecule has 4 aromatic heterocycles. The van der Waals surface area contributed by atoms with Gasteiger partial charge in [-0.1, -0.05) is 103 Å². The summed E-state index contributed by atoms with van der Waals surface area (Å²) in [6.07, 6.45) is -16.2. The zero-order valence-electron chi connectivity index (χ0n) is 47.6. The predicted molar refractivity (Wildman–Crippen MR) is 234 cm³/mol. The minimum Gasteiger partial charge on any atom is -0.455 e. The summed E-state index contributed by atoms with van der Waals surface area (Å²) >= 11 is 0. The van der Waals surface area contributed by atoms with Gasteiger partial charge in [-0.15, -0.1) is 0 Å². The fourth-order valence-electron chi connectivity index (χ4n) is 6.40. The smallest absolute Gasteiger partial charge is 0.144 e. The third-order valence-electron chi connectivity index (χ3n) is 9.29. The lowest BCUT2D eigenvalue weighted by atomic mass is 9.94. The molecular formula is C53H42N4O. The van der Waals surface area contributed by atoms with Gasteiger partial charge in [-0.25, -0.2) is 0 Å². The third-order valence-corrected chi connectivity index (χ3v) is 9.29. The second-order valence-corrected chi connectivity index (χ2v) is 13.2. The van der Waals surface area contributed by atoms with E-state index in [9.17, 15) is 21.7 Å². The van der Waals surface area contributed by atoms with E-state index in [0.717, 1.165) is 42.9 Å². The van der Waals surface area contributed by atoms with Crippen LogP contribution in [0.2, 0.25) is 0 Å². The van der Waals surface area contributed by atoms with Crippen LogP contribution in [0, 0.1) is 18.2 Å². The van der Waals surface area contributed by atoms with E-state index in [1.165, 1.54) is 36.4 Å². The average Bonchev–Trinajstić information content (AvgIpc) is 3.79. The van der Waals surface area contributed by atoms with Gasteiger partial charge in [0.15, 0.2) is 0 Å². The molecule has 0 saturated carbocycles. The number of rotatable bonds is 12. The van der Waals surface area contributed by atoms with Crippen molar-refractivity contribution in [1.82, 2.24) is 15.0 Å². The largest absolute Gasteiger partial charge is 0.455 e. The van der Waals surface area contributed by atoms with Gasteiger partial charge in [0.05, 0.1) is 31.5 Å². The molecule has 0 atom stereocenters. The van der Waals surface area contributed by atoms with Crippen LogP contribution in [0.3, 0.4) is 0 Å². The summed E-state index contributed by atoms with van der Waals surface area (Å²) in [5.41, 5.74) is -1.98. The Hall–Kier alpha value is -7.16. The van der Waals surface area contributed by atoms with Crippen LogP contribution in [0.15, 0.2) is 169 Å². The van der Waals surface area contributed by atoms with Crippen LogP contribution in [0.25, 0.3) is 55.7 Å². The number of nitrogens with zero attached hydrogens (tertiary/aromatic N) is 4. The first kappa shape index (κ1) is 22.0. The molecule has 4 heterocycles. The van der Waals surface area contributed by atoms with Crippen LogP contribution in [-0.2, 0) is 38.2 Å². The van der Waals surface area contributed by atoms with Crippen LogP contribution >= 0.6 is 0 Å². The molecule has 9 aromatic rings. The number of aryl methyl sites for hydroxylation is 7. The van der Waals surface area contributed by atoms with Crippen LogP contribution < -0.4 is 0 Å². The molecule has 0 fully saturated rings. The molecule has 0 bridgehead atoms. The van der Waals surface area contributed by atoms with E-state index >= 15 is 0 Å². The highest BCUT2D eigenvalue weighted by molar-refractivity contribution is 6.09. The van der Waals surface area contributed by atoms with Crippen LogP contribution in [0.1, 0.15) is 67.8 Å². The molecule has 5 nitrogen and oxygen atoms in total. The Balaban J connectivity index is 1.18. The van der Waals surface area contributed by atoms with E-state index in [2.05, 4.69) is 15.0 Å². The van der Waals surface area contributed by atoms with Crippen molar-refractivity contribution in [3.05, 3.63) is 209 Å². The zero-order valence-corrected chi connectivity index (χ0v) is 30.6. The molecule has 0 aliphatic carbocycles. The molecule has 0 N–H and O–H groups in total. The Morgan fingerprint density at radius 3 is 1.74 bits per heavy atom. The fraction of sp³-hybridized carbons (Fsp3) is 0.132.